The second kappa shape index (κ2) is 5.45. The van der Waals surface area contributed by atoms with Crippen molar-refractivity contribution in [2.24, 2.45) is 0 Å². The first kappa shape index (κ1) is 12.3. The Morgan fingerprint density at radius 1 is 1.18 bits per heavy atom. The minimum Gasteiger partial charge on any atom is -0.353 e. The third-order valence-electron chi connectivity index (χ3n) is 3.62. The van der Waals surface area contributed by atoms with Crippen LogP contribution in [0.4, 0.5) is 5.82 Å². The third kappa shape index (κ3) is 2.94. The van der Waals surface area contributed by atoms with Gasteiger partial charge in [-0.2, -0.15) is 5.10 Å². The van der Waals surface area contributed by atoms with E-state index in [4.69, 9.17) is 0 Å². The lowest BCUT2D eigenvalue weighted by Gasteiger charge is -2.32. The van der Waals surface area contributed by atoms with Crippen LogP contribution in [-0.4, -0.2) is 48.3 Å². The number of hydrogen-bond acceptors (Lipinski definition) is 4. The molecule has 1 atom stereocenters. The fourth-order valence-electron chi connectivity index (χ4n) is 2.01. The molecule has 1 aromatic heterocycles. The Labute approximate surface area is 104 Å². The van der Waals surface area contributed by atoms with Gasteiger partial charge in [0.2, 0.25) is 0 Å². The van der Waals surface area contributed by atoms with Gasteiger partial charge in [0.15, 0.2) is 5.82 Å². The predicted molar refractivity (Wildman–Crippen MR) is 70.4 cm³/mol. The molecule has 4 heteroatoms. The number of likely N-dealkylation sites (N-methyl/N-ethyl adjacent to an activating group) is 1. The summed E-state index contributed by atoms with van der Waals surface area (Å²) in [7, 11) is 2.16. The lowest BCUT2D eigenvalue weighted by molar-refractivity contribution is 0.311. The summed E-state index contributed by atoms with van der Waals surface area (Å²) < 4.78 is 0. The number of anilines is 1. The zero-order valence-corrected chi connectivity index (χ0v) is 11.1. The second-order valence-electron chi connectivity index (χ2n) is 4.92. The van der Waals surface area contributed by atoms with Crippen LogP contribution in [0, 0.1) is 0 Å². The number of aromatic nitrogens is 2. The molecule has 0 amide bonds. The zero-order valence-electron chi connectivity index (χ0n) is 11.1. The first-order chi connectivity index (χ1) is 8.20. The fraction of sp³-hybridized carbons (Fsp3) is 0.692. The summed E-state index contributed by atoms with van der Waals surface area (Å²) in [5, 5.41) is 8.69. The standard InChI is InChI=1S/C13H22N4/c1-4-11(2)12-5-6-13(15-14-12)17-9-7-16(3)8-10-17/h5-6,11H,4,7-10H2,1-3H3. The average molecular weight is 234 g/mol. The number of hydrogen-bond donors (Lipinski definition) is 0. The summed E-state index contributed by atoms with van der Waals surface area (Å²) in [6.07, 6.45) is 1.11. The van der Waals surface area contributed by atoms with Crippen molar-refractivity contribution in [2.45, 2.75) is 26.2 Å². The van der Waals surface area contributed by atoms with Crippen LogP contribution in [0.25, 0.3) is 0 Å². The highest BCUT2D eigenvalue weighted by Gasteiger charge is 2.15. The lowest BCUT2D eigenvalue weighted by Crippen LogP contribution is -2.44. The van der Waals surface area contributed by atoms with Gasteiger partial charge in [-0.1, -0.05) is 13.8 Å². The van der Waals surface area contributed by atoms with Crippen LogP contribution in [0.3, 0.4) is 0 Å². The quantitative estimate of drug-likeness (QED) is 0.797. The van der Waals surface area contributed by atoms with E-state index >= 15 is 0 Å². The summed E-state index contributed by atoms with van der Waals surface area (Å²) in [4.78, 5) is 4.66. The molecule has 0 N–H and O–H groups in total. The Hall–Kier alpha value is -1.16. The molecule has 2 rings (SSSR count). The van der Waals surface area contributed by atoms with Crippen molar-refractivity contribution in [1.29, 1.82) is 0 Å². The molecule has 0 radical (unpaired) electrons. The van der Waals surface area contributed by atoms with E-state index in [1.54, 1.807) is 0 Å². The van der Waals surface area contributed by atoms with Gasteiger partial charge in [0.05, 0.1) is 5.69 Å². The van der Waals surface area contributed by atoms with Gasteiger partial charge >= 0.3 is 0 Å². The lowest BCUT2D eigenvalue weighted by atomic mass is 10.1. The molecule has 1 aliphatic rings. The second-order valence-corrected chi connectivity index (χ2v) is 4.92. The predicted octanol–water partition coefficient (Wildman–Crippen LogP) is 1.74. The monoisotopic (exact) mass is 234 g/mol. The topological polar surface area (TPSA) is 32.3 Å². The van der Waals surface area contributed by atoms with Gasteiger partial charge in [-0.3, -0.25) is 0 Å². The molecule has 1 saturated heterocycles. The van der Waals surface area contributed by atoms with Crippen molar-refractivity contribution in [3.8, 4) is 0 Å². The van der Waals surface area contributed by atoms with Crippen LogP contribution >= 0.6 is 0 Å². The Balaban J connectivity index is 2.02. The Bertz CT molecular complexity index is 341. The van der Waals surface area contributed by atoms with E-state index in [1.165, 1.54) is 0 Å². The van der Waals surface area contributed by atoms with Crippen molar-refractivity contribution in [3.05, 3.63) is 17.8 Å². The minimum absolute atomic E-state index is 0.504. The number of piperazine rings is 1. The molecule has 0 bridgehead atoms. The highest BCUT2D eigenvalue weighted by atomic mass is 15.3. The van der Waals surface area contributed by atoms with E-state index in [2.05, 4.69) is 53.0 Å². The molecule has 0 saturated carbocycles. The van der Waals surface area contributed by atoms with E-state index in [0.717, 1.165) is 44.1 Å². The van der Waals surface area contributed by atoms with E-state index in [-0.39, 0.29) is 0 Å². The Morgan fingerprint density at radius 3 is 2.41 bits per heavy atom. The summed E-state index contributed by atoms with van der Waals surface area (Å²) in [6, 6.07) is 4.23. The van der Waals surface area contributed by atoms with Gasteiger partial charge in [0.1, 0.15) is 0 Å². The molecule has 1 fully saturated rings. The molecule has 2 heterocycles. The minimum atomic E-state index is 0.504. The summed E-state index contributed by atoms with van der Waals surface area (Å²) in [5.74, 6) is 1.52. The molecule has 94 valence electrons. The van der Waals surface area contributed by atoms with Gasteiger partial charge in [0, 0.05) is 26.2 Å². The molecule has 0 aromatic carbocycles. The van der Waals surface area contributed by atoms with E-state index in [0.29, 0.717) is 5.92 Å². The van der Waals surface area contributed by atoms with Gasteiger partial charge in [-0.05, 0) is 31.5 Å². The molecule has 1 unspecified atom stereocenters. The van der Waals surface area contributed by atoms with E-state index < -0.39 is 0 Å². The van der Waals surface area contributed by atoms with Crippen molar-refractivity contribution in [3.63, 3.8) is 0 Å². The van der Waals surface area contributed by atoms with Crippen LogP contribution in [0.15, 0.2) is 12.1 Å². The maximum atomic E-state index is 4.35. The van der Waals surface area contributed by atoms with Gasteiger partial charge < -0.3 is 9.80 Å². The Kier molecular flexibility index (Phi) is 3.94. The first-order valence-electron chi connectivity index (χ1n) is 6.48. The van der Waals surface area contributed by atoms with Gasteiger partial charge in [-0.15, -0.1) is 5.10 Å². The molecule has 1 aromatic rings. The van der Waals surface area contributed by atoms with Crippen molar-refractivity contribution < 1.29 is 0 Å². The average Bonchev–Trinajstić information content (AvgIpc) is 2.39. The number of rotatable bonds is 3. The maximum absolute atomic E-state index is 4.35. The molecular weight excluding hydrogens is 212 g/mol. The van der Waals surface area contributed by atoms with Crippen LogP contribution in [0.5, 0.6) is 0 Å². The normalized spacial score (nSPS) is 19.4. The van der Waals surface area contributed by atoms with Gasteiger partial charge in [-0.25, -0.2) is 0 Å². The molecule has 0 spiro atoms. The fourth-order valence-corrected chi connectivity index (χ4v) is 2.01. The Morgan fingerprint density at radius 2 is 1.88 bits per heavy atom. The van der Waals surface area contributed by atoms with Crippen LogP contribution in [-0.2, 0) is 0 Å². The van der Waals surface area contributed by atoms with Crippen molar-refractivity contribution in [1.82, 2.24) is 15.1 Å². The molecule has 17 heavy (non-hydrogen) atoms. The van der Waals surface area contributed by atoms with Gasteiger partial charge in [0.25, 0.3) is 0 Å². The van der Waals surface area contributed by atoms with Crippen molar-refractivity contribution in [2.75, 3.05) is 38.1 Å². The van der Waals surface area contributed by atoms with Crippen LogP contribution < -0.4 is 4.90 Å². The maximum Gasteiger partial charge on any atom is 0.151 e. The highest BCUT2D eigenvalue weighted by Crippen LogP contribution is 2.18. The van der Waals surface area contributed by atoms with Crippen molar-refractivity contribution >= 4 is 5.82 Å². The molecule has 4 nitrogen and oxygen atoms in total. The molecule has 0 aliphatic carbocycles. The van der Waals surface area contributed by atoms with E-state index in [9.17, 15) is 0 Å². The zero-order chi connectivity index (χ0) is 12.3. The summed E-state index contributed by atoms with van der Waals surface area (Å²) >= 11 is 0. The summed E-state index contributed by atoms with van der Waals surface area (Å²) in [5.41, 5.74) is 1.10. The van der Waals surface area contributed by atoms with E-state index in [1.807, 2.05) is 0 Å². The first-order valence-corrected chi connectivity index (χ1v) is 6.48. The molecular formula is C13H22N4. The number of nitrogens with zero attached hydrogens (tertiary/aromatic N) is 4. The third-order valence-corrected chi connectivity index (χ3v) is 3.62. The smallest absolute Gasteiger partial charge is 0.151 e. The summed E-state index contributed by atoms with van der Waals surface area (Å²) in [6.45, 7) is 8.69. The highest BCUT2D eigenvalue weighted by molar-refractivity contribution is 5.38. The van der Waals surface area contributed by atoms with Crippen LogP contribution in [0.2, 0.25) is 0 Å². The SMILES string of the molecule is CCC(C)c1ccc(N2CCN(C)CC2)nn1. The molecule has 1 aliphatic heterocycles. The largest absolute Gasteiger partial charge is 0.353 e. The van der Waals surface area contributed by atoms with Crippen LogP contribution in [0.1, 0.15) is 31.9 Å².